The van der Waals surface area contributed by atoms with Gasteiger partial charge in [0.25, 0.3) is 0 Å². The van der Waals surface area contributed by atoms with Crippen molar-refractivity contribution in [3.63, 3.8) is 0 Å². The third-order valence-corrected chi connectivity index (χ3v) is 5.05. The molecule has 6 heteroatoms. The molecular weight excluding hydrogens is 348 g/mol. The molecule has 2 rings (SSSR count). The lowest BCUT2D eigenvalue weighted by atomic mass is 9.80. The number of alkyl halides is 3. The first-order valence-electron chi connectivity index (χ1n) is 9.55. The Balaban J connectivity index is 1.70. The molecule has 0 atom stereocenters. The number of halogens is 4. The van der Waals surface area contributed by atoms with Crippen LogP contribution in [0.5, 0.6) is 11.5 Å². The van der Waals surface area contributed by atoms with Gasteiger partial charge in [-0.2, -0.15) is 0 Å². The zero-order valence-corrected chi connectivity index (χ0v) is 15.3. The number of unbranched alkanes of at least 4 members (excludes halogenated alkanes) is 3. The van der Waals surface area contributed by atoms with Gasteiger partial charge in [-0.3, -0.25) is 0 Å². The molecule has 26 heavy (non-hydrogen) atoms. The minimum Gasteiger partial charge on any atom is -0.493 e. The predicted octanol–water partition coefficient (Wildman–Crippen LogP) is 6.88. The van der Waals surface area contributed by atoms with Gasteiger partial charge >= 0.3 is 6.36 Å². The van der Waals surface area contributed by atoms with Gasteiger partial charge < -0.3 is 9.47 Å². The standard InChI is InChI=1S/C20H28F4O2/c1-2-3-4-5-6-15-7-9-16(10-8-15)14-25-17-11-12-19(18(21)13-17)26-20(22,23)24/h11-13,15-16H,2-10,14H2,1H3. The topological polar surface area (TPSA) is 18.5 Å². The van der Waals surface area contributed by atoms with Crippen molar-refractivity contribution in [3.8, 4) is 11.5 Å². The average molecular weight is 376 g/mol. The summed E-state index contributed by atoms with van der Waals surface area (Å²) >= 11 is 0. The van der Waals surface area contributed by atoms with E-state index in [0.717, 1.165) is 30.9 Å². The van der Waals surface area contributed by atoms with Gasteiger partial charge in [-0.25, -0.2) is 4.39 Å². The normalized spacial score (nSPS) is 20.8. The number of ether oxygens (including phenoxy) is 2. The minimum atomic E-state index is -4.90. The van der Waals surface area contributed by atoms with Crippen molar-refractivity contribution in [2.24, 2.45) is 11.8 Å². The Morgan fingerprint density at radius 1 is 1.00 bits per heavy atom. The molecule has 0 heterocycles. The summed E-state index contributed by atoms with van der Waals surface area (Å²) in [5, 5.41) is 0. The highest BCUT2D eigenvalue weighted by molar-refractivity contribution is 5.33. The lowest BCUT2D eigenvalue weighted by molar-refractivity contribution is -0.275. The Morgan fingerprint density at radius 2 is 1.69 bits per heavy atom. The van der Waals surface area contributed by atoms with Gasteiger partial charge in [-0.1, -0.05) is 51.9 Å². The third kappa shape index (κ3) is 7.42. The second kappa shape index (κ2) is 10.0. The lowest BCUT2D eigenvalue weighted by Gasteiger charge is -2.28. The van der Waals surface area contributed by atoms with E-state index in [1.54, 1.807) is 0 Å². The highest BCUT2D eigenvalue weighted by Gasteiger charge is 2.32. The van der Waals surface area contributed by atoms with Crippen molar-refractivity contribution in [3.05, 3.63) is 24.0 Å². The number of hydrogen-bond acceptors (Lipinski definition) is 2. The fraction of sp³-hybridized carbons (Fsp3) is 0.700. The van der Waals surface area contributed by atoms with E-state index >= 15 is 0 Å². The van der Waals surface area contributed by atoms with Gasteiger partial charge in [0, 0.05) is 6.07 Å². The van der Waals surface area contributed by atoms with Crippen LogP contribution in [0.4, 0.5) is 17.6 Å². The zero-order chi connectivity index (χ0) is 19.0. The van der Waals surface area contributed by atoms with E-state index in [0.29, 0.717) is 12.5 Å². The summed E-state index contributed by atoms with van der Waals surface area (Å²) in [6.07, 6.45) is 6.19. The van der Waals surface area contributed by atoms with Gasteiger partial charge in [0.15, 0.2) is 11.6 Å². The molecule has 0 saturated heterocycles. The van der Waals surface area contributed by atoms with E-state index in [2.05, 4.69) is 11.7 Å². The van der Waals surface area contributed by atoms with Crippen LogP contribution >= 0.6 is 0 Å². The molecule has 0 N–H and O–H groups in total. The summed E-state index contributed by atoms with van der Waals surface area (Å²) < 4.78 is 59.3. The molecule has 1 aromatic rings. The van der Waals surface area contributed by atoms with Crippen molar-refractivity contribution >= 4 is 0 Å². The van der Waals surface area contributed by atoms with Gasteiger partial charge in [0.2, 0.25) is 0 Å². The maximum Gasteiger partial charge on any atom is 0.573 e. The first kappa shape index (κ1) is 20.8. The largest absolute Gasteiger partial charge is 0.573 e. The van der Waals surface area contributed by atoms with Crippen molar-refractivity contribution in [1.82, 2.24) is 0 Å². The predicted molar refractivity (Wildman–Crippen MR) is 92.8 cm³/mol. The molecule has 148 valence electrons. The van der Waals surface area contributed by atoms with E-state index in [-0.39, 0.29) is 5.75 Å². The first-order chi connectivity index (χ1) is 12.4. The molecule has 0 unspecified atom stereocenters. The number of hydrogen-bond donors (Lipinski definition) is 0. The smallest absolute Gasteiger partial charge is 0.493 e. The Morgan fingerprint density at radius 3 is 2.31 bits per heavy atom. The van der Waals surface area contributed by atoms with Crippen molar-refractivity contribution < 1.29 is 27.0 Å². The average Bonchev–Trinajstić information content (AvgIpc) is 2.59. The minimum absolute atomic E-state index is 0.235. The van der Waals surface area contributed by atoms with Crippen LogP contribution in [0.15, 0.2) is 18.2 Å². The summed E-state index contributed by atoms with van der Waals surface area (Å²) in [5.74, 6) is -0.446. The third-order valence-electron chi connectivity index (χ3n) is 5.05. The molecule has 1 saturated carbocycles. The SMILES string of the molecule is CCCCCCC1CCC(COc2ccc(OC(F)(F)F)c(F)c2)CC1. The Labute approximate surface area is 152 Å². The fourth-order valence-electron chi connectivity index (χ4n) is 3.54. The molecule has 1 fully saturated rings. The highest BCUT2D eigenvalue weighted by Crippen LogP contribution is 2.33. The molecular formula is C20H28F4O2. The lowest BCUT2D eigenvalue weighted by Crippen LogP contribution is -2.20. The molecule has 0 radical (unpaired) electrons. The molecule has 0 aromatic heterocycles. The Kier molecular flexibility index (Phi) is 8.04. The Bertz CT molecular complexity index is 537. The zero-order valence-electron chi connectivity index (χ0n) is 15.3. The van der Waals surface area contributed by atoms with Crippen molar-refractivity contribution in [2.45, 2.75) is 71.1 Å². The van der Waals surface area contributed by atoms with Gasteiger partial charge in [0.05, 0.1) is 6.61 Å². The number of benzene rings is 1. The van der Waals surface area contributed by atoms with E-state index in [9.17, 15) is 17.6 Å². The van der Waals surface area contributed by atoms with Crippen LogP contribution in [0.1, 0.15) is 64.7 Å². The summed E-state index contributed by atoms with van der Waals surface area (Å²) in [4.78, 5) is 0. The van der Waals surface area contributed by atoms with Gasteiger partial charge in [-0.15, -0.1) is 13.2 Å². The van der Waals surface area contributed by atoms with Crippen LogP contribution in [0.3, 0.4) is 0 Å². The molecule has 2 nitrogen and oxygen atoms in total. The maximum absolute atomic E-state index is 13.7. The maximum atomic E-state index is 13.7. The monoisotopic (exact) mass is 376 g/mol. The molecule has 1 aliphatic rings. The van der Waals surface area contributed by atoms with Gasteiger partial charge in [0.1, 0.15) is 5.75 Å². The van der Waals surface area contributed by atoms with Crippen molar-refractivity contribution in [1.29, 1.82) is 0 Å². The summed E-state index contributed by atoms with van der Waals surface area (Å²) in [7, 11) is 0. The second-order valence-corrected chi connectivity index (χ2v) is 7.19. The molecule has 1 aromatic carbocycles. The van der Waals surface area contributed by atoms with Crippen LogP contribution in [0.2, 0.25) is 0 Å². The van der Waals surface area contributed by atoms with Crippen LogP contribution in [-0.4, -0.2) is 13.0 Å². The summed E-state index contributed by atoms with van der Waals surface area (Å²) in [6, 6.07) is 3.20. The first-order valence-corrected chi connectivity index (χ1v) is 9.55. The highest BCUT2D eigenvalue weighted by atomic mass is 19.4. The molecule has 0 spiro atoms. The van der Waals surface area contributed by atoms with Crippen LogP contribution in [0.25, 0.3) is 0 Å². The van der Waals surface area contributed by atoms with E-state index in [1.807, 2.05) is 0 Å². The second-order valence-electron chi connectivity index (χ2n) is 7.19. The number of rotatable bonds is 9. The molecule has 0 bridgehead atoms. The van der Waals surface area contributed by atoms with E-state index < -0.39 is 17.9 Å². The van der Waals surface area contributed by atoms with E-state index in [4.69, 9.17) is 4.74 Å². The van der Waals surface area contributed by atoms with Crippen molar-refractivity contribution in [2.75, 3.05) is 6.61 Å². The van der Waals surface area contributed by atoms with Crippen LogP contribution in [-0.2, 0) is 0 Å². The summed E-state index contributed by atoms with van der Waals surface area (Å²) in [6.45, 7) is 2.69. The fourth-order valence-corrected chi connectivity index (χ4v) is 3.54. The van der Waals surface area contributed by atoms with Gasteiger partial charge in [-0.05, 0) is 36.8 Å². The summed E-state index contributed by atoms with van der Waals surface area (Å²) in [5.41, 5.74) is 0. The molecule has 0 aliphatic heterocycles. The molecule has 1 aliphatic carbocycles. The van der Waals surface area contributed by atoms with E-state index in [1.165, 1.54) is 51.0 Å². The van der Waals surface area contributed by atoms with Crippen LogP contribution < -0.4 is 9.47 Å². The Hall–Kier alpha value is -1.46. The quantitative estimate of drug-likeness (QED) is 0.345. The van der Waals surface area contributed by atoms with Crippen LogP contribution in [0, 0.1) is 17.7 Å². The molecule has 0 amide bonds.